The molecule has 3 aromatic rings. The number of nitro groups is 1. The normalized spacial score (nSPS) is 21.0. The molecule has 1 aromatic carbocycles. The number of nitrogens with zero attached hydrogens (tertiary/aromatic N) is 3. The number of non-ortho nitro benzene ring substituents is 1. The van der Waals surface area contributed by atoms with Crippen molar-refractivity contribution in [1.29, 1.82) is 0 Å². The fraction of sp³-hybridized carbons (Fsp3) is 0.318. The molecular formula is C22H21N3O4. The van der Waals surface area contributed by atoms with Crippen molar-refractivity contribution in [2.45, 2.75) is 25.4 Å². The molecule has 2 aliphatic heterocycles. The molecule has 2 aromatic heterocycles. The maximum atomic E-state index is 12.2. The molecule has 2 bridgehead atoms. The number of pyridine rings is 1. The largest absolute Gasteiger partial charge is 0.460 e. The Morgan fingerprint density at radius 3 is 2.79 bits per heavy atom. The molecule has 0 aliphatic carbocycles. The van der Waals surface area contributed by atoms with Gasteiger partial charge in [0.2, 0.25) is 0 Å². The van der Waals surface area contributed by atoms with E-state index in [4.69, 9.17) is 4.42 Å². The Balaban J connectivity index is 1.33. The van der Waals surface area contributed by atoms with Gasteiger partial charge in [0.25, 0.3) is 11.2 Å². The summed E-state index contributed by atoms with van der Waals surface area (Å²) in [7, 11) is 0. The van der Waals surface area contributed by atoms with E-state index >= 15 is 0 Å². The van der Waals surface area contributed by atoms with Crippen LogP contribution in [0.1, 0.15) is 23.8 Å². The summed E-state index contributed by atoms with van der Waals surface area (Å²) < 4.78 is 7.93. The molecule has 0 N–H and O–H groups in total. The predicted molar refractivity (Wildman–Crippen MR) is 108 cm³/mol. The molecule has 5 rings (SSSR count). The fourth-order valence-corrected chi connectivity index (χ4v) is 4.74. The van der Waals surface area contributed by atoms with Crippen LogP contribution < -0.4 is 5.56 Å². The summed E-state index contributed by atoms with van der Waals surface area (Å²) in [5.74, 6) is 2.31. The van der Waals surface area contributed by atoms with Crippen LogP contribution in [0.3, 0.4) is 0 Å². The topological polar surface area (TPSA) is 81.5 Å². The van der Waals surface area contributed by atoms with E-state index in [0.717, 1.165) is 37.5 Å². The van der Waals surface area contributed by atoms with Crippen molar-refractivity contribution < 1.29 is 9.34 Å². The molecule has 0 radical (unpaired) electrons. The number of fused-ring (bicyclic) bond motifs is 4. The van der Waals surface area contributed by atoms with Gasteiger partial charge < -0.3 is 8.98 Å². The maximum Gasteiger partial charge on any atom is 0.270 e. The van der Waals surface area contributed by atoms with Crippen LogP contribution in [-0.4, -0.2) is 27.5 Å². The minimum atomic E-state index is -0.400. The van der Waals surface area contributed by atoms with Crippen molar-refractivity contribution in [3.8, 4) is 11.3 Å². The van der Waals surface area contributed by atoms with E-state index in [2.05, 4.69) is 11.0 Å². The molecule has 7 heteroatoms. The highest BCUT2D eigenvalue weighted by Gasteiger charge is 2.34. The number of likely N-dealkylation sites (tertiary alicyclic amines) is 1. The van der Waals surface area contributed by atoms with Crippen LogP contribution >= 0.6 is 0 Å². The molecule has 1 saturated heterocycles. The van der Waals surface area contributed by atoms with E-state index in [9.17, 15) is 14.9 Å². The average molecular weight is 391 g/mol. The summed E-state index contributed by atoms with van der Waals surface area (Å²) >= 11 is 0. The van der Waals surface area contributed by atoms with Gasteiger partial charge in [0.15, 0.2) is 0 Å². The van der Waals surface area contributed by atoms with Crippen LogP contribution in [0.4, 0.5) is 5.69 Å². The van der Waals surface area contributed by atoms with Crippen molar-refractivity contribution in [3.63, 3.8) is 0 Å². The molecule has 0 spiro atoms. The highest BCUT2D eigenvalue weighted by atomic mass is 16.6. The van der Waals surface area contributed by atoms with Gasteiger partial charge in [-0.2, -0.15) is 0 Å². The zero-order valence-corrected chi connectivity index (χ0v) is 15.9. The molecule has 4 heterocycles. The Morgan fingerprint density at radius 2 is 1.93 bits per heavy atom. The standard InChI is InChI=1S/C22H21N3O4/c26-22-6-2-5-20-17-9-15(12-24(20)22)11-23(13-17)14-19-7-8-21(29-19)16-3-1-4-18(10-16)25(27)28/h1-8,10,15,17H,9,11-14H2. The second-order valence-corrected chi connectivity index (χ2v) is 7.97. The summed E-state index contributed by atoms with van der Waals surface area (Å²) in [5, 5.41) is 11.0. The Morgan fingerprint density at radius 1 is 1.07 bits per heavy atom. The summed E-state index contributed by atoms with van der Waals surface area (Å²) in [6, 6.07) is 15.9. The molecule has 29 heavy (non-hydrogen) atoms. The van der Waals surface area contributed by atoms with Crippen LogP contribution in [-0.2, 0) is 13.1 Å². The summed E-state index contributed by atoms with van der Waals surface area (Å²) in [6.45, 7) is 3.30. The maximum absolute atomic E-state index is 12.2. The van der Waals surface area contributed by atoms with Crippen LogP contribution in [0, 0.1) is 16.0 Å². The third-order valence-electron chi connectivity index (χ3n) is 5.94. The highest BCUT2D eigenvalue weighted by molar-refractivity contribution is 5.61. The molecule has 2 unspecified atom stereocenters. The Labute approximate surface area is 167 Å². The smallest absolute Gasteiger partial charge is 0.270 e. The second kappa shape index (κ2) is 7.00. The summed E-state index contributed by atoms with van der Waals surface area (Å²) in [5.41, 5.74) is 1.99. The van der Waals surface area contributed by atoms with Crippen molar-refractivity contribution in [2.75, 3.05) is 13.1 Å². The Hall–Kier alpha value is -3.19. The lowest BCUT2D eigenvalue weighted by Crippen LogP contribution is -2.46. The quantitative estimate of drug-likeness (QED) is 0.501. The second-order valence-electron chi connectivity index (χ2n) is 7.97. The Bertz CT molecular complexity index is 1130. The van der Waals surface area contributed by atoms with Crippen molar-refractivity contribution in [3.05, 3.63) is 86.5 Å². The van der Waals surface area contributed by atoms with E-state index in [1.807, 2.05) is 28.8 Å². The average Bonchev–Trinajstić information content (AvgIpc) is 3.17. The first kappa shape index (κ1) is 17.9. The van der Waals surface area contributed by atoms with Crippen LogP contribution in [0.5, 0.6) is 0 Å². The Kier molecular flexibility index (Phi) is 4.32. The van der Waals surface area contributed by atoms with Gasteiger partial charge in [-0.3, -0.25) is 19.8 Å². The van der Waals surface area contributed by atoms with Gasteiger partial charge in [-0.15, -0.1) is 0 Å². The van der Waals surface area contributed by atoms with Crippen LogP contribution in [0.25, 0.3) is 11.3 Å². The van der Waals surface area contributed by atoms with Gasteiger partial charge in [-0.25, -0.2) is 0 Å². The molecule has 7 nitrogen and oxygen atoms in total. The first-order valence-corrected chi connectivity index (χ1v) is 9.82. The van der Waals surface area contributed by atoms with E-state index in [1.54, 1.807) is 12.1 Å². The van der Waals surface area contributed by atoms with Crippen molar-refractivity contribution in [2.24, 2.45) is 5.92 Å². The molecule has 0 saturated carbocycles. The third kappa shape index (κ3) is 3.38. The van der Waals surface area contributed by atoms with E-state index in [0.29, 0.717) is 29.7 Å². The molecular weight excluding hydrogens is 370 g/mol. The lowest BCUT2D eigenvalue weighted by molar-refractivity contribution is -0.384. The number of benzene rings is 1. The molecule has 0 amide bonds. The lowest BCUT2D eigenvalue weighted by atomic mass is 9.83. The van der Waals surface area contributed by atoms with Gasteiger partial charge >= 0.3 is 0 Å². The van der Waals surface area contributed by atoms with Crippen molar-refractivity contribution in [1.82, 2.24) is 9.47 Å². The molecule has 2 aliphatic rings. The first-order chi connectivity index (χ1) is 14.1. The third-order valence-corrected chi connectivity index (χ3v) is 5.94. The monoisotopic (exact) mass is 391 g/mol. The molecule has 2 atom stereocenters. The number of rotatable bonds is 4. The van der Waals surface area contributed by atoms with Crippen molar-refractivity contribution >= 4 is 5.69 Å². The van der Waals surface area contributed by atoms with Crippen LogP contribution in [0.2, 0.25) is 0 Å². The fourth-order valence-electron chi connectivity index (χ4n) is 4.74. The summed E-state index contributed by atoms with van der Waals surface area (Å²) in [4.78, 5) is 25.2. The van der Waals surface area contributed by atoms with Gasteiger partial charge in [0, 0.05) is 55.0 Å². The molecule has 148 valence electrons. The van der Waals surface area contributed by atoms with Crippen LogP contribution in [0.15, 0.2) is 63.8 Å². The van der Waals surface area contributed by atoms with E-state index in [-0.39, 0.29) is 11.2 Å². The number of hydrogen-bond acceptors (Lipinski definition) is 5. The zero-order valence-electron chi connectivity index (χ0n) is 15.9. The number of hydrogen-bond donors (Lipinski definition) is 0. The predicted octanol–water partition coefficient (Wildman–Crippen LogP) is 3.64. The van der Waals surface area contributed by atoms with Gasteiger partial charge in [-0.05, 0) is 30.5 Å². The van der Waals surface area contributed by atoms with Gasteiger partial charge in [-0.1, -0.05) is 18.2 Å². The van der Waals surface area contributed by atoms with E-state index < -0.39 is 4.92 Å². The first-order valence-electron chi connectivity index (χ1n) is 9.82. The number of aromatic nitrogens is 1. The lowest BCUT2D eigenvalue weighted by Gasteiger charge is -2.42. The SMILES string of the molecule is O=c1cccc2n1CC1CC2CN(Cc2ccc(-c3cccc([N+](=O)[O-])c3)o2)C1. The van der Waals surface area contributed by atoms with Gasteiger partial charge in [0.05, 0.1) is 11.5 Å². The minimum absolute atomic E-state index is 0.0539. The highest BCUT2D eigenvalue weighted by Crippen LogP contribution is 2.36. The summed E-state index contributed by atoms with van der Waals surface area (Å²) in [6.07, 6.45) is 1.12. The number of nitro benzene ring substituents is 1. The molecule has 1 fully saturated rings. The zero-order chi connectivity index (χ0) is 20.0. The number of furan rings is 1. The number of piperidine rings is 1. The van der Waals surface area contributed by atoms with Gasteiger partial charge in [0.1, 0.15) is 11.5 Å². The minimum Gasteiger partial charge on any atom is -0.460 e. The van der Waals surface area contributed by atoms with E-state index in [1.165, 1.54) is 12.1 Å².